The summed E-state index contributed by atoms with van der Waals surface area (Å²) in [6, 6.07) is 3.55. The van der Waals surface area contributed by atoms with Crippen LogP contribution in [0.25, 0.3) is 0 Å². The monoisotopic (exact) mass is 315 g/mol. The van der Waals surface area contributed by atoms with Crippen LogP contribution in [0.4, 0.5) is 0 Å². The van der Waals surface area contributed by atoms with E-state index in [4.69, 9.17) is 23.1 Å². The third kappa shape index (κ3) is 4.53. The van der Waals surface area contributed by atoms with Gasteiger partial charge in [-0.3, -0.25) is 0 Å². The molecule has 20 heavy (non-hydrogen) atoms. The molecule has 0 amide bonds. The molecule has 0 fully saturated rings. The number of unbranched alkanes of at least 4 members (excludes halogenated alkanes) is 2. The standard InChI is InChI=1S/C13H14ClNO4S/c1-2-3-4-5-8-15-20(18,19)10-6-7-12(14)11(9-10)13(16)17/h1,6-7,9,15H,3-5,8H2,(H,16,17). The number of nitrogens with one attached hydrogen (secondary N) is 1. The minimum absolute atomic E-state index is 0.00882. The highest BCUT2D eigenvalue weighted by Gasteiger charge is 2.17. The topological polar surface area (TPSA) is 83.5 Å². The van der Waals surface area contributed by atoms with Crippen molar-refractivity contribution in [3.63, 3.8) is 0 Å². The van der Waals surface area contributed by atoms with Crippen molar-refractivity contribution in [2.24, 2.45) is 0 Å². The number of carbonyl (C=O) groups is 1. The van der Waals surface area contributed by atoms with Crippen LogP contribution < -0.4 is 4.72 Å². The molecule has 1 aromatic rings. The summed E-state index contributed by atoms with van der Waals surface area (Å²) < 4.78 is 26.3. The Hall–Kier alpha value is -1.55. The Labute approximate surface area is 123 Å². The predicted octanol–water partition coefficient (Wildman–Crippen LogP) is 2.12. The van der Waals surface area contributed by atoms with Crippen LogP contribution >= 0.6 is 11.6 Å². The van der Waals surface area contributed by atoms with Crippen LogP contribution in [0.2, 0.25) is 5.02 Å². The maximum absolute atomic E-state index is 12.0. The normalized spacial score (nSPS) is 11.0. The predicted molar refractivity (Wildman–Crippen MR) is 76.3 cm³/mol. The van der Waals surface area contributed by atoms with Crippen molar-refractivity contribution >= 4 is 27.6 Å². The summed E-state index contributed by atoms with van der Waals surface area (Å²) in [5.41, 5.74) is -0.248. The molecule has 0 atom stereocenters. The van der Waals surface area contributed by atoms with Crippen molar-refractivity contribution in [1.82, 2.24) is 4.72 Å². The Kier molecular flexibility index (Phi) is 6.02. The van der Waals surface area contributed by atoms with Crippen molar-refractivity contribution in [2.75, 3.05) is 6.54 Å². The summed E-state index contributed by atoms with van der Waals surface area (Å²) in [5.74, 6) is 1.19. The number of terminal acetylenes is 1. The highest BCUT2D eigenvalue weighted by molar-refractivity contribution is 7.89. The lowest BCUT2D eigenvalue weighted by Gasteiger charge is -2.08. The lowest BCUT2D eigenvalue weighted by Crippen LogP contribution is -2.25. The van der Waals surface area contributed by atoms with Crippen LogP contribution in [-0.2, 0) is 10.0 Å². The summed E-state index contributed by atoms with van der Waals surface area (Å²) in [5, 5.41) is 8.90. The Morgan fingerprint density at radius 2 is 2.10 bits per heavy atom. The number of hydrogen-bond donors (Lipinski definition) is 2. The van der Waals surface area contributed by atoms with Gasteiger partial charge in [-0.1, -0.05) is 11.6 Å². The Morgan fingerprint density at radius 1 is 1.40 bits per heavy atom. The number of benzene rings is 1. The van der Waals surface area contributed by atoms with Gasteiger partial charge in [0.15, 0.2) is 0 Å². The largest absolute Gasteiger partial charge is 0.478 e. The fourth-order valence-electron chi connectivity index (χ4n) is 1.48. The Morgan fingerprint density at radius 3 is 2.70 bits per heavy atom. The molecule has 0 bridgehead atoms. The molecule has 0 unspecified atom stereocenters. The van der Waals surface area contributed by atoms with Crippen LogP contribution in [0.3, 0.4) is 0 Å². The van der Waals surface area contributed by atoms with E-state index in [1.807, 2.05) is 0 Å². The van der Waals surface area contributed by atoms with Crippen LogP contribution in [0.5, 0.6) is 0 Å². The van der Waals surface area contributed by atoms with Crippen LogP contribution in [0, 0.1) is 12.3 Å². The minimum Gasteiger partial charge on any atom is -0.478 e. The van der Waals surface area contributed by atoms with Gasteiger partial charge < -0.3 is 5.11 Å². The molecule has 108 valence electrons. The third-order valence-electron chi connectivity index (χ3n) is 2.52. The highest BCUT2D eigenvalue weighted by atomic mass is 35.5. The second-order valence-electron chi connectivity index (χ2n) is 4.01. The SMILES string of the molecule is C#CCCCCNS(=O)(=O)c1ccc(Cl)c(C(=O)O)c1. The van der Waals surface area contributed by atoms with Gasteiger partial charge in [0, 0.05) is 13.0 Å². The number of halogens is 1. The number of sulfonamides is 1. The molecule has 0 heterocycles. The summed E-state index contributed by atoms with van der Waals surface area (Å²) >= 11 is 5.69. The molecule has 5 nitrogen and oxygen atoms in total. The van der Waals surface area contributed by atoms with Gasteiger partial charge in [-0.15, -0.1) is 12.3 Å². The van der Waals surface area contributed by atoms with Crippen LogP contribution in [-0.4, -0.2) is 26.0 Å². The minimum atomic E-state index is -3.74. The third-order valence-corrected chi connectivity index (χ3v) is 4.31. The van der Waals surface area contributed by atoms with E-state index in [1.165, 1.54) is 12.1 Å². The van der Waals surface area contributed by atoms with Gasteiger partial charge in [-0.2, -0.15) is 0 Å². The average molecular weight is 316 g/mol. The molecular weight excluding hydrogens is 302 g/mol. The number of hydrogen-bond acceptors (Lipinski definition) is 3. The van der Waals surface area contributed by atoms with E-state index >= 15 is 0 Å². The van der Waals surface area contributed by atoms with E-state index in [2.05, 4.69) is 10.6 Å². The molecule has 0 saturated carbocycles. The molecule has 7 heteroatoms. The first-order chi connectivity index (χ1) is 9.38. The van der Waals surface area contributed by atoms with E-state index < -0.39 is 16.0 Å². The summed E-state index contributed by atoms with van der Waals surface area (Å²) in [6.45, 7) is 0.245. The summed E-state index contributed by atoms with van der Waals surface area (Å²) in [7, 11) is -3.74. The second-order valence-corrected chi connectivity index (χ2v) is 6.18. The molecule has 0 aromatic heterocycles. The van der Waals surface area contributed by atoms with Crippen molar-refractivity contribution in [3.05, 3.63) is 28.8 Å². The van der Waals surface area contributed by atoms with E-state index in [-0.39, 0.29) is 22.0 Å². The Bertz CT molecular complexity index is 634. The Balaban J connectivity index is 2.80. The summed E-state index contributed by atoms with van der Waals surface area (Å²) in [4.78, 5) is 10.8. The first kappa shape index (κ1) is 16.5. The lowest BCUT2D eigenvalue weighted by atomic mass is 10.2. The fourth-order valence-corrected chi connectivity index (χ4v) is 2.78. The van der Waals surface area contributed by atoms with E-state index in [0.717, 1.165) is 12.5 Å². The maximum atomic E-state index is 12.0. The van der Waals surface area contributed by atoms with Gasteiger partial charge >= 0.3 is 5.97 Å². The van der Waals surface area contributed by atoms with Crippen molar-refractivity contribution in [3.8, 4) is 12.3 Å². The molecule has 1 rings (SSSR count). The van der Waals surface area contributed by atoms with Crippen molar-refractivity contribution in [1.29, 1.82) is 0 Å². The smallest absolute Gasteiger partial charge is 0.337 e. The summed E-state index contributed by atoms with van der Waals surface area (Å²) in [6.07, 6.45) is 7.02. The molecule has 1 aromatic carbocycles. The van der Waals surface area contributed by atoms with Gasteiger partial charge in [0.05, 0.1) is 15.5 Å². The second kappa shape index (κ2) is 7.29. The van der Waals surface area contributed by atoms with Crippen LogP contribution in [0.15, 0.2) is 23.1 Å². The molecular formula is C13H14ClNO4S. The van der Waals surface area contributed by atoms with Gasteiger partial charge in [0.25, 0.3) is 0 Å². The molecule has 0 saturated heterocycles. The van der Waals surface area contributed by atoms with E-state index in [1.54, 1.807) is 0 Å². The molecule has 0 spiro atoms. The van der Waals surface area contributed by atoms with Gasteiger partial charge in [0.2, 0.25) is 10.0 Å². The number of carboxylic acids is 1. The lowest BCUT2D eigenvalue weighted by molar-refractivity contribution is 0.0697. The first-order valence-corrected chi connectivity index (χ1v) is 7.70. The highest BCUT2D eigenvalue weighted by Crippen LogP contribution is 2.20. The molecule has 0 aliphatic rings. The van der Waals surface area contributed by atoms with Crippen molar-refractivity contribution in [2.45, 2.75) is 24.2 Å². The zero-order chi connectivity index (χ0) is 15.2. The first-order valence-electron chi connectivity index (χ1n) is 5.84. The maximum Gasteiger partial charge on any atom is 0.337 e. The van der Waals surface area contributed by atoms with Gasteiger partial charge in [0.1, 0.15) is 0 Å². The zero-order valence-corrected chi connectivity index (χ0v) is 12.2. The molecule has 2 N–H and O–H groups in total. The zero-order valence-electron chi connectivity index (χ0n) is 10.6. The van der Waals surface area contributed by atoms with Gasteiger partial charge in [-0.05, 0) is 31.0 Å². The fraction of sp³-hybridized carbons (Fsp3) is 0.308. The number of carboxylic acid groups (broad SMARTS) is 1. The van der Waals surface area contributed by atoms with Gasteiger partial charge in [-0.25, -0.2) is 17.9 Å². The molecule has 0 aliphatic carbocycles. The molecule has 0 radical (unpaired) electrons. The molecule has 0 aliphatic heterocycles. The van der Waals surface area contributed by atoms with Crippen LogP contribution in [0.1, 0.15) is 29.6 Å². The quantitative estimate of drug-likeness (QED) is 0.596. The number of aromatic carboxylic acids is 1. The van der Waals surface area contributed by atoms with E-state index in [9.17, 15) is 13.2 Å². The average Bonchev–Trinajstić information content (AvgIpc) is 2.38. The van der Waals surface area contributed by atoms with E-state index in [0.29, 0.717) is 12.8 Å². The number of rotatable bonds is 7. The van der Waals surface area contributed by atoms with Crippen molar-refractivity contribution < 1.29 is 18.3 Å².